The number of hydrogen-bond donors (Lipinski definition) is 2. The van der Waals surface area contributed by atoms with E-state index in [9.17, 15) is 9.59 Å². The van der Waals surface area contributed by atoms with E-state index in [1.165, 1.54) is 19.0 Å². The summed E-state index contributed by atoms with van der Waals surface area (Å²) < 4.78 is 0. The Morgan fingerprint density at radius 2 is 2.04 bits per heavy atom. The molecule has 3 aliphatic rings. The lowest BCUT2D eigenvalue weighted by Crippen LogP contribution is -2.50. The summed E-state index contributed by atoms with van der Waals surface area (Å²) >= 11 is 0. The molecule has 7 heteroatoms. The van der Waals surface area contributed by atoms with Gasteiger partial charge in [0.2, 0.25) is 5.91 Å². The van der Waals surface area contributed by atoms with Crippen molar-refractivity contribution in [3.05, 3.63) is 29.1 Å². The van der Waals surface area contributed by atoms with Crippen molar-refractivity contribution >= 4 is 11.8 Å². The number of carbonyl (C=O) groups is 2. The van der Waals surface area contributed by atoms with Crippen LogP contribution >= 0.6 is 0 Å². The maximum atomic E-state index is 11.5. The summed E-state index contributed by atoms with van der Waals surface area (Å²) in [5, 5.41) is 8.76. The van der Waals surface area contributed by atoms with E-state index in [1.54, 1.807) is 12.4 Å². The van der Waals surface area contributed by atoms with Crippen molar-refractivity contribution in [1.82, 2.24) is 20.3 Å². The average molecular weight is 372 g/mol. The first-order chi connectivity index (χ1) is 13.0. The van der Waals surface area contributed by atoms with Crippen molar-refractivity contribution in [2.75, 3.05) is 26.2 Å². The molecule has 27 heavy (non-hydrogen) atoms. The van der Waals surface area contributed by atoms with Gasteiger partial charge in [-0.1, -0.05) is 0 Å². The predicted molar refractivity (Wildman–Crippen MR) is 99.1 cm³/mol. The summed E-state index contributed by atoms with van der Waals surface area (Å²) in [6, 6.07) is 1.84. The van der Waals surface area contributed by atoms with Crippen molar-refractivity contribution in [2.24, 2.45) is 11.3 Å². The highest BCUT2D eigenvalue weighted by atomic mass is 16.5. The first-order valence-corrected chi connectivity index (χ1v) is 9.88. The van der Waals surface area contributed by atoms with Crippen LogP contribution < -0.4 is 5.48 Å². The second kappa shape index (κ2) is 7.20. The zero-order chi connectivity index (χ0) is 19.0. The third kappa shape index (κ3) is 3.71. The number of rotatable bonds is 3. The minimum atomic E-state index is -0.511. The minimum absolute atomic E-state index is 0.208. The predicted octanol–water partition coefficient (Wildman–Crippen LogP) is 1.60. The molecule has 0 radical (unpaired) electrons. The van der Waals surface area contributed by atoms with Gasteiger partial charge < -0.3 is 4.90 Å². The lowest BCUT2D eigenvalue weighted by molar-refractivity contribution is -0.133. The molecule has 1 aromatic heterocycles. The van der Waals surface area contributed by atoms with E-state index >= 15 is 0 Å². The number of likely N-dealkylation sites (tertiary alicyclic amines) is 1. The molecule has 0 unspecified atom stereocenters. The Morgan fingerprint density at radius 1 is 1.30 bits per heavy atom. The highest BCUT2D eigenvalue weighted by molar-refractivity contribution is 5.93. The van der Waals surface area contributed by atoms with E-state index in [0.717, 1.165) is 69.2 Å². The first kappa shape index (κ1) is 18.4. The van der Waals surface area contributed by atoms with Crippen molar-refractivity contribution in [3.8, 4) is 0 Å². The third-order valence-electron chi connectivity index (χ3n) is 6.72. The molecular formula is C20H28N4O3. The van der Waals surface area contributed by atoms with Gasteiger partial charge in [0.15, 0.2) is 0 Å². The molecule has 1 saturated heterocycles. The fraction of sp³-hybridized carbons (Fsp3) is 0.650. The lowest BCUT2D eigenvalue weighted by Gasteiger charge is -2.53. The molecule has 1 aromatic rings. The van der Waals surface area contributed by atoms with E-state index in [-0.39, 0.29) is 5.91 Å². The number of pyridine rings is 1. The Labute approximate surface area is 159 Å². The van der Waals surface area contributed by atoms with Crippen LogP contribution in [0.5, 0.6) is 0 Å². The number of nitrogens with zero attached hydrogens (tertiary/aromatic N) is 3. The molecule has 1 spiro atoms. The molecule has 2 amide bonds. The van der Waals surface area contributed by atoms with Gasteiger partial charge in [0.1, 0.15) is 0 Å². The molecule has 3 heterocycles. The minimum Gasteiger partial charge on any atom is -0.343 e. The Morgan fingerprint density at radius 3 is 2.70 bits per heavy atom. The van der Waals surface area contributed by atoms with E-state index in [4.69, 9.17) is 5.21 Å². The van der Waals surface area contributed by atoms with Gasteiger partial charge in [-0.25, -0.2) is 5.48 Å². The van der Waals surface area contributed by atoms with E-state index in [1.807, 2.05) is 11.0 Å². The molecule has 7 nitrogen and oxygen atoms in total. The van der Waals surface area contributed by atoms with Crippen molar-refractivity contribution in [3.63, 3.8) is 0 Å². The maximum absolute atomic E-state index is 11.5. The van der Waals surface area contributed by atoms with E-state index in [2.05, 4.69) is 9.88 Å². The fourth-order valence-electron chi connectivity index (χ4n) is 5.17. The molecule has 0 aromatic carbocycles. The molecule has 4 rings (SSSR count). The Kier molecular flexibility index (Phi) is 4.90. The summed E-state index contributed by atoms with van der Waals surface area (Å²) in [6.45, 7) is 6.44. The Hall–Kier alpha value is -1.99. The van der Waals surface area contributed by atoms with Crippen LogP contribution in [0.2, 0.25) is 0 Å². The molecular weight excluding hydrogens is 344 g/mol. The average Bonchev–Trinajstić information content (AvgIpc) is 2.66. The number of amides is 2. The van der Waals surface area contributed by atoms with Gasteiger partial charge in [-0.3, -0.25) is 24.7 Å². The number of carbonyl (C=O) groups excluding carboxylic acids is 2. The highest BCUT2D eigenvalue weighted by Gasteiger charge is 2.46. The summed E-state index contributed by atoms with van der Waals surface area (Å²) in [5.41, 5.74) is 4.70. The number of hydrogen-bond acceptors (Lipinski definition) is 5. The second-order valence-electron chi connectivity index (χ2n) is 8.54. The fourth-order valence-corrected chi connectivity index (χ4v) is 5.17. The quantitative estimate of drug-likeness (QED) is 0.622. The van der Waals surface area contributed by atoms with Crippen LogP contribution in [0.3, 0.4) is 0 Å². The third-order valence-corrected chi connectivity index (χ3v) is 6.72. The molecule has 1 aliphatic carbocycles. The molecule has 0 bridgehead atoms. The van der Waals surface area contributed by atoms with Crippen LogP contribution in [0.25, 0.3) is 0 Å². The van der Waals surface area contributed by atoms with Gasteiger partial charge in [-0.15, -0.1) is 0 Å². The number of fused-ring (bicyclic) bond motifs is 1. The summed E-state index contributed by atoms with van der Waals surface area (Å²) in [5.74, 6) is 0.443. The first-order valence-electron chi connectivity index (χ1n) is 9.88. The van der Waals surface area contributed by atoms with Crippen molar-refractivity contribution < 1.29 is 14.8 Å². The van der Waals surface area contributed by atoms with Gasteiger partial charge in [0.05, 0.1) is 11.3 Å². The monoisotopic (exact) mass is 372 g/mol. The summed E-state index contributed by atoms with van der Waals surface area (Å²) in [6.07, 6.45) is 7.30. The molecule has 2 fully saturated rings. The van der Waals surface area contributed by atoms with Gasteiger partial charge >= 0.3 is 0 Å². The zero-order valence-corrected chi connectivity index (χ0v) is 15.9. The van der Waals surface area contributed by atoms with Crippen LogP contribution in [-0.2, 0) is 17.8 Å². The molecule has 146 valence electrons. The highest BCUT2D eigenvalue weighted by Crippen LogP contribution is 2.52. The molecule has 0 atom stereocenters. The number of nitrogens with one attached hydrogen (secondary N) is 1. The number of hydroxylamine groups is 1. The maximum Gasteiger partial charge on any atom is 0.276 e. The Bertz CT molecular complexity index is 735. The van der Waals surface area contributed by atoms with Crippen molar-refractivity contribution in [1.29, 1.82) is 0 Å². The van der Waals surface area contributed by atoms with Crippen LogP contribution in [0.15, 0.2) is 12.3 Å². The Balaban J connectivity index is 1.28. The summed E-state index contributed by atoms with van der Waals surface area (Å²) in [7, 11) is 0. The standard InChI is InChI=1S/C20H28N4O3/c1-14(25)24-6-3-20(4-7-24)9-15(10-20)12-23-5-2-16-8-17(19(26)22-27)11-21-18(16)13-23/h8,11,15,27H,2-7,9-10,12-13H2,1H3,(H,22,26). The second-order valence-corrected chi connectivity index (χ2v) is 8.54. The molecule has 1 saturated carbocycles. The smallest absolute Gasteiger partial charge is 0.276 e. The van der Waals surface area contributed by atoms with Crippen LogP contribution in [-0.4, -0.2) is 58.0 Å². The van der Waals surface area contributed by atoms with E-state index < -0.39 is 5.91 Å². The van der Waals surface area contributed by atoms with Gasteiger partial charge in [0.25, 0.3) is 5.91 Å². The SMILES string of the molecule is CC(=O)N1CCC2(CC1)CC(CN1CCc3cc(C(=O)NO)cnc3C1)C2. The topological polar surface area (TPSA) is 85.8 Å². The number of piperidine rings is 1. The number of aromatic nitrogens is 1. The zero-order valence-electron chi connectivity index (χ0n) is 15.9. The summed E-state index contributed by atoms with van der Waals surface area (Å²) in [4.78, 5) is 31.9. The van der Waals surface area contributed by atoms with Crippen molar-refractivity contribution in [2.45, 2.75) is 45.6 Å². The van der Waals surface area contributed by atoms with Crippen LogP contribution in [0, 0.1) is 11.3 Å². The van der Waals surface area contributed by atoms with Gasteiger partial charge in [0, 0.05) is 45.8 Å². The van der Waals surface area contributed by atoms with E-state index in [0.29, 0.717) is 11.0 Å². The molecule has 2 N–H and O–H groups in total. The normalized spacial score (nSPS) is 22.2. The molecule has 2 aliphatic heterocycles. The van der Waals surface area contributed by atoms with Gasteiger partial charge in [-0.05, 0) is 55.1 Å². The van der Waals surface area contributed by atoms with Crippen LogP contribution in [0.1, 0.15) is 54.2 Å². The van der Waals surface area contributed by atoms with Gasteiger partial charge in [-0.2, -0.15) is 0 Å². The lowest BCUT2D eigenvalue weighted by atomic mass is 9.57. The largest absolute Gasteiger partial charge is 0.343 e. The van der Waals surface area contributed by atoms with Crippen LogP contribution in [0.4, 0.5) is 0 Å².